The van der Waals surface area contributed by atoms with Gasteiger partial charge in [0.25, 0.3) is 5.91 Å². The molecule has 0 bridgehead atoms. The van der Waals surface area contributed by atoms with Gasteiger partial charge in [-0.3, -0.25) is 4.79 Å². The highest BCUT2D eigenvalue weighted by Crippen LogP contribution is 2.42. The third-order valence-electron chi connectivity index (χ3n) is 6.61. The average molecular weight is 477 g/mol. The second-order valence-corrected chi connectivity index (χ2v) is 10.6. The number of pyridine rings is 1. The van der Waals surface area contributed by atoms with Crippen LogP contribution in [0.15, 0.2) is 42.6 Å². The fraction of sp³-hybridized carbons (Fsp3) is 0.400. The minimum absolute atomic E-state index is 0.0250. The Morgan fingerprint density at radius 1 is 1.06 bits per heavy atom. The molecule has 1 aromatic carbocycles. The molecule has 34 heavy (non-hydrogen) atoms. The molecule has 1 amide bonds. The lowest BCUT2D eigenvalue weighted by Crippen LogP contribution is -2.48. The largest absolute Gasteiger partial charge is 0.490 e. The molecule has 3 aliphatic rings. The van der Waals surface area contributed by atoms with E-state index < -0.39 is 0 Å². The van der Waals surface area contributed by atoms with Crippen LogP contribution in [-0.4, -0.2) is 60.7 Å². The summed E-state index contributed by atoms with van der Waals surface area (Å²) in [5.74, 6) is 1.87. The number of hydrogen-bond donors (Lipinski definition) is 1. The van der Waals surface area contributed by atoms with E-state index in [1.165, 1.54) is 17.0 Å². The average Bonchev–Trinajstić information content (AvgIpc) is 3.27. The summed E-state index contributed by atoms with van der Waals surface area (Å²) in [5.41, 5.74) is 2.81. The topological polar surface area (TPSA) is 73.8 Å². The number of hydrogen-bond acceptors (Lipinski definition) is 8. The Hall–Kier alpha value is -3.33. The molecule has 0 atom stereocenters. The van der Waals surface area contributed by atoms with E-state index in [-0.39, 0.29) is 11.4 Å². The lowest BCUT2D eigenvalue weighted by atomic mass is 9.94. The molecule has 0 spiro atoms. The molecule has 0 aliphatic carbocycles. The summed E-state index contributed by atoms with van der Waals surface area (Å²) >= 11 is 1.47. The Morgan fingerprint density at radius 2 is 1.88 bits per heavy atom. The molecule has 5 heterocycles. The highest BCUT2D eigenvalue weighted by molar-refractivity contribution is 7.17. The number of fused-ring (bicyclic) bond motifs is 2. The number of carbonyl (C=O) groups is 1. The van der Waals surface area contributed by atoms with E-state index in [1.807, 2.05) is 32.2 Å². The number of rotatable bonds is 3. The molecule has 1 fully saturated rings. The predicted molar refractivity (Wildman–Crippen MR) is 135 cm³/mol. The molecule has 8 nitrogen and oxygen atoms in total. The zero-order valence-corrected chi connectivity index (χ0v) is 20.3. The van der Waals surface area contributed by atoms with Crippen LogP contribution in [0.1, 0.15) is 29.2 Å². The summed E-state index contributed by atoms with van der Waals surface area (Å²) in [6, 6.07) is 12.5. The van der Waals surface area contributed by atoms with Crippen LogP contribution < -0.4 is 24.8 Å². The second-order valence-electron chi connectivity index (χ2n) is 9.60. The third-order valence-corrected chi connectivity index (χ3v) is 7.73. The molecular weight excluding hydrogens is 448 g/mol. The van der Waals surface area contributed by atoms with Crippen LogP contribution in [0.25, 0.3) is 0 Å². The van der Waals surface area contributed by atoms with Gasteiger partial charge < -0.3 is 24.8 Å². The molecular formula is C25H28N6O2S. The predicted octanol–water partition coefficient (Wildman–Crippen LogP) is 3.46. The van der Waals surface area contributed by atoms with Crippen molar-refractivity contribution in [1.29, 1.82) is 0 Å². The lowest BCUT2D eigenvalue weighted by molar-refractivity contribution is 0.0901. The maximum atomic E-state index is 12.6. The number of benzene rings is 1. The van der Waals surface area contributed by atoms with Crippen LogP contribution >= 0.6 is 11.3 Å². The minimum Gasteiger partial charge on any atom is -0.490 e. The van der Waals surface area contributed by atoms with Crippen molar-refractivity contribution in [2.24, 2.45) is 0 Å². The first-order valence-electron chi connectivity index (χ1n) is 11.7. The van der Waals surface area contributed by atoms with Crippen molar-refractivity contribution in [3.8, 4) is 5.75 Å². The van der Waals surface area contributed by atoms with Gasteiger partial charge >= 0.3 is 0 Å². The molecule has 0 unspecified atom stereocenters. The quantitative estimate of drug-likeness (QED) is 0.621. The Morgan fingerprint density at radius 3 is 2.68 bits per heavy atom. The fourth-order valence-corrected chi connectivity index (χ4v) is 5.93. The highest BCUT2D eigenvalue weighted by atomic mass is 32.1. The lowest BCUT2D eigenvalue weighted by Gasteiger charge is -2.37. The fourth-order valence-electron chi connectivity index (χ4n) is 4.91. The summed E-state index contributed by atoms with van der Waals surface area (Å²) in [7, 11) is 0. The van der Waals surface area contributed by atoms with Crippen LogP contribution in [0.5, 0.6) is 5.75 Å². The summed E-state index contributed by atoms with van der Waals surface area (Å²) in [4.78, 5) is 29.7. The molecule has 0 saturated carbocycles. The van der Waals surface area contributed by atoms with Gasteiger partial charge in [-0.1, -0.05) is 17.4 Å². The van der Waals surface area contributed by atoms with Crippen LogP contribution in [0.3, 0.4) is 0 Å². The van der Waals surface area contributed by atoms with Gasteiger partial charge in [0, 0.05) is 50.0 Å². The monoisotopic (exact) mass is 476 g/mol. The SMILES string of the molecule is CC1(C)Cc2nc(N3CCOc4ccc(N5CCN(c6ccccn6)CC5)cc43)sc2C(=O)N1. The first-order chi connectivity index (χ1) is 16.5. The van der Waals surface area contributed by atoms with Crippen molar-refractivity contribution in [3.63, 3.8) is 0 Å². The summed E-state index contributed by atoms with van der Waals surface area (Å²) in [6.07, 6.45) is 2.59. The highest BCUT2D eigenvalue weighted by Gasteiger charge is 2.35. The van der Waals surface area contributed by atoms with Crippen molar-refractivity contribution < 1.29 is 9.53 Å². The number of thiazole rings is 1. The number of nitrogens with one attached hydrogen (secondary N) is 1. The van der Waals surface area contributed by atoms with Gasteiger partial charge in [0.2, 0.25) is 0 Å². The molecule has 1 N–H and O–H groups in total. The first-order valence-corrected chi connectivity index (χ1v) is 12.6. The molecule has 3 aromatic rings. The van der Waals surface area contributed by atoms with E-state index in [4.69, 9.17) is 9.72 Å². The van der Waals surface area contributed by atoms with Crippen LogP contribution in [0, 0.1) is 0 Å². The number of anilines is 4. The van der Waals surface area contributed by atoms with E-state index in [9.17, 15) is 4.79 Å². The van der Waals surface area contributed by atoms with Gasteiger partial charge in [0.05, 0.1) is 17.9 Å². The standard InChI is InChI=1S/C25H28N6O2S/c1-25(2)16-18-22(23(32)28-25)34-24(27-18)31-13-14-33-20-7-6-17(15-19(20)31)29-9-11-30(12-10-29)21-5-3-4-8-26-21/h3-8,15H,9-14,16H2,1-2H3,(H,28,32). The normalized spacial score (nSPS) is 19.2. The van der Waals surface area contributed by atoms with E-state index in [1.54, 1.807) is 0 Å². The van der Waals surface area contributed by atoms with Crippen LogP contribution in [0.4, 0.5) is 22.3 Å². The number of amides is 1. The third kappa shape index (κ3) is 3.83. The van der Waals surface area contributed by atoms with E-state index in [2.05, 4.69) is 49.3 Å². The van der Waals surface area contributed by atoms with Crippen molar-refractivity contribution in [3.05, 3.63) is 53.2 Å². The van der Waals surface area contributed by atoms with E-state index >= 15 is 0 Å². The Bertz CT molecular complexity index is 1220. The first kappa shape index (κ1) is 21.2. The van der Waals surface area contributed by atoms with E-state index in [0.29, 0.717) is 13.2 Å². The van der Waals surface area contributed by atoms with Gasteiger partial charge in [-0.05, 0) is 44.2 Å². The van der Waals surface area contributed by atoms with Gasteiger partial charge in [0.1, 0.15) is 23.1 Å². The smallest absolute Gasteiger partial charge is 0.263 e. The summed E-state index contributed by atoms with van der Waals surface area (Å²) in [6.45, 7) is 9.09. The number of piperazine rings is 1. The van der Waals surface area contributed by atoms with Gasteiger partial charge in [-0.15, -0.1) is 0 Å². The Labute approximate surface area is 203 Å². The van der Waals surface area contributed by atoms with Crippen molar-refractivity contribution in [2.45, 2.75) is 25.8 Å². The van der Waals surface area contributed by atoms with Crippen LogP contribution in [-0.2, 0) is 6.42 Å². The molecule has 0 radical (unpaired) electrons. The summed E-state index contributed by atoms with van der Waals surface area (Å²) in [5, 5.41) is 3.95. The van der Waals surface area contributed by atoms with E-state index in [0.717, 1.165) is 65.6 Å². The van der Waals surface area contributed by atoms with Gasteiger partial charge in [-0.2, -0.15) is 0 Å². The molecule has 2 aromatic heterocycles. The zero-order chi connectivity index (χ0) is 23.3. The Kier molecular flexibility index (Phi) is 5.09. The molecule has 3 aliphatic heterocycles. The van der Waals surface area contributed by atoms with Gasteiger partial charge in [0.15, 0.2) is 5.13 Å². The zero-order valence-electron chi connectivity index (χ0n) is 19.5. The van der Waals surface area contributed by atoms with Crippen molar-refractivity contribution >= 4 is 39.6 Å². The number of carbonyl (C=O) groups excluding carboxylic acids is 1. The maximum absolute atomic E-state index is 12.6. The maximum Gasteiger partial charge on any atom is 0.263 e. The minimum atomic E-state index is -0.275. The number of ether oxygens (including phenoxy) is 1. The van der Waals surface area contributed by atoms with Gasteiger partial charge in [-0.25, -0.2) is 9.97 Å². The van der Waals surface area contributed by atoms with Crippen molar-refractivity contribution in [1.82, 2.24) is 15.3 Å². The number of aromatic nitrogens is 2. The van der Waals surface area contributed by atoms with Crippen LogP contribution in [0.2, 0.25) is 0 Å². The number of nitrogens with zero attached hydrogens (tertiary/aromatic N) is 5. The molecule has 1 saturated heterocycles. The van der Waals surface area contributed by atoms with Crippen molar-refractivity contribution in [2.75, 3.05) is 54.0 Å². The second kappa shape index (κ2) is 8.16. The Balaban J connectivity index is 1.25. The molecule has 9 heteroatoms. The summed E-state index contributed by atoms with van der Waals surface area (Å²) < 4.78 is 5.97. The molecule has 6 rings (SSSR count). The molecule has 176 valence electrons.